The lowest BCUT2D eigenvalue weighted by Gasteiger charge is -2.15. The summed E-state index contributed by atoms with van der Waals surface area (Å²) in [7, 11) is 3.35. The van der Waals surface area contributed by atoms with Crippen LogP contribution in [0.4, 0.5) is 0 Å². The van der Waals surface area contributed by atoms with Gasteiger partial charge in [0.1, 0.15) is 11.5 Å². The number of likely N-dealkylation sites (tertiary alicyclic amines) is 1. The predicted molar refractivity (Wildman–Crippen MR) is 102 cm³/mol. The van der Waals surface area contributed by atoms with Crippen LogP contribution in [0.3, 0.4) is 0 Å². The zero-order chi connectivity index (χ0) is 18.6. The second-order valence-electron chi connectivity index (χ2n) is 6.76. The zero-order valence-corrected chi connectivity index (χ0v) is 15.6. The van der Waals surface area contributed by atoms with Gasteiger partial charge < -0.3 is 14.0 Å². The first kappa shape index (κ1) is 17.5. The Kier molecular flexibility index (Phi) is 5.07. The highest BCUT2D eigenvalue weighted by Gasteiger charge is 2.28. The molecule has 4 rings (SSSR count). The van der Waals surface area contributed by atoms with Crippen LogP contribution >= 0.6 is 0 Å². The van der Waals surface area contributed by atoms with Crippen molar-refractivity contribution < 1.29 is 14.0 Å². The number of benzene rings is 2. The van der Waals surface area contributed by atoms with E-state index in [4.69, 9.17) is 14.0 Å². The number of hydrogen-bond acceptors (Lipinski definition) is 6. The van der Waals surface area contributed by atoms with Crippen LogP contribution in [0.25, 0.3) is 11.4 Å². The molecule has 0 bridgehead atoms. The van der Waals surface area contributed by atoms with E-state index < -0.39 is 0 Å². The monoisotopic (exact) mass is 365 g/mol. The van der Waals surface area contributed by atoms with E-state index >= 15 is 0 Å². The Morgan fingerprint density at radius 3 is 2.67 bits per heavy atom. The minimum atomic E-state index is 0.273. The topological polar surface area (TPSA) is 60.6 Å². The molecule has 3 aromatic rings. The van der Waals surface area contributed by atoms with Gasteiger partial charge in [0.2, 0.25) is 11.7 Å². The summed E-state index contributed by atoms with van der Waals surface area (Å²) in [4.78, 5) is 7.03. The number of methoxy groups -OCH3 is 2. The fourth-order valence-corrected chi connectivity index (χ4v) is 3.47. The van der Waals surface area contributed by atoms with Gasteiger partial charge in [0.05, 0.1) is 20.1 Å². The van der Waals surface area contributed by atoms with E-state index in [2.05, 4.69) is 27.2 Å². The van der Waals surface area contributed by atoms with Crippen molar-refractivity contribution in [3.05, 3.63) is 60.0 Å². The number of aromatic nitrogens is 2. The van der Waals surface area contributed by atoms with Crippen LogP contribution in [0, 0.1) is 0 Å². The Balaban J connectivity index is 1.40. The summed E-state index contributed by atoms with van der Waals surface area (Å²) in [5.41, 5.74) is 2.18. The van der Waals surface area contributed by atoms with E-state index in [0.717, 1.165) is 43.1 Å². The molecule has 1 fully saturated rings. The van der Waals surface area contributed by atoms with Crippen molar-refractivity contribution in [2.45, 2.75) is 18.9 Å². The predicted octanol–water partition coefficient (Wildman–Crippen LogP) is 3.74. The number of nitrogens with zero attached hydrogens (tertiary/aromatic N) is 3. The molecule has 1 aliphatic heterocycles. The quantitative estimate of drug-likeness (QED) is 0.663. The van der Waals surface area contributed by atoms with Crippen molar-refractivity contribution in [1.29, 1.82) is 0 Å². The van der Waals surface area contributed by atoms with Crippen LogP contribution in [0.15, 0.2) is 53.1 Å². The van der Waals surface area contributed by atoms with E-state index in [1.54, 1.807) is 14.2 Å². The summed E-state index contributed by atoms with van der Waals surface area (Å²) >= 11 is 0. The summed E-state index contributed by atoms with van der Waals surface area (Å²) in [6.07, 6.45) is 1.02. The molecule has 6 heteroatoms. The lowest BCUT2D eigenvalue weighted by Crippen LogP contribution is -2.19. The van der Waals surface area contributed by atoms with Crippen LogP contribution in [0.1, 0.15) is 23.8 Å². The fraction of sp³-hybridized carbons (Fsp3) is 0.333. The molecule has 0 saturated carbocycles. The van der Waals surface area contributed by atoms with Crippen molar-refractivity contribution in [1.82, 2.24) is 15.0 Å². The van der Waals surface area contributed by atoms with Crippen LogP contribution in [0.2, 0.25) is 0 Å². The Morgan fingerprint density at radius 1 is 1.07 bits per heavy atom. The summed E-state index contributed by atoms with van der Waals surface area (Å²) in [6.45, 7) is 2.83. The first-order valence-corrected chi connectivity index (χ1v) is 9.08. The minimum absolute atomic E-state index is 0.273. The highest BCUT2D eigenvalue weighted by Crippen LogP contribution is 2.29. The van der Waals surface area contributed by atoms with Gasteiger partial charge in [-0.1, -0.05) is 17.3 Å². The maximum absolute atomic E-state index is 5.56. The summed E-state index contributed by atoms with van der Waals surface area (Å²) in [6, 6.07) is 15.9. The Labute approximate surface area is 158 Å². The molecule has 6 nitrogen and oxygen atoms in total. The third kappa shape index (κ3) is 3.95. The SMILES string of the molecule is COc1ccc(-c2noc(C3CCN(Cc4cccc(OC)c4)C3)n2)cc1. The van der Waals surface area contributed by atoms with Gasteiger partial charge in [0, 0.05) is 18.7 Å². The molecule has 0 aliphatic carbocycles. The minimum Gasteiger partial charge on any atom is -0.497 e. The number of rotatable bonds is 6. The lowest BCUT2D eigenvalue weighted by atomic mass is 10.1. The zero-order valence-electron chi connectivity index (χ0n) is 15.6. The molecule has 0 amide bonds. The highest BCUT2D eigenvalue weighted by atomic mass is 16.5. The number of ether oxygens (including phenoxy) is 2. The van der Waals surface area contributed by atoms with Gasteiger partial charge in [-0.2, -0.15) is 4.98 Å². The lowest BCUT2D eigenvalue weighted by molar-refractivity contribution is 0.308. The first-order valence-electron chi connectivity index (χ1n) is 9.08. The van der Waals surface area contributed by atoms with Crippen molar-refractivity contribution in [2.75, 3.05) is 27.3 Å². The number of hydrogen-bond donors (Lipinski definition) is 0. The van der Waals surface area contributed by atoms with Gasteiger partial charge in [0.25, 0.3) is 0 Å². The van der Waals surface area contributed by atoms with Gasteiger partial charge in [-0.15, -0.1) is 0 Å². The van der Waals surface area contributed by atoms with Gasteiger partial charge in [0.15, 0.2) is 0 Å². The Bertz CT molecular complexity index is 892. The molecule has 140 valence electrons. The summed E-state index contributed by atoms with van der Waals surface area (Å²) < 4.78 is 16.1. The molecule has 2 heterocycles. The van der Waals surface area contributed by atoms with Gasteiger partial charge in [-0.3, -0.25) is 4.90 Å². The van der Waals surface area contributed by atoms with E-state index in [1.165, 1.54) is 5.56 Å². The second-order valence-corrected chi connectivity index (χ2v) is 6.76. The van der Waals surface area contributed by atoms with Gasteiger partial charge in [-0.25, -0.2) is 0 Å². The van der Waals surface area contributed by atoms with Crippen LogP contribution in [-0.2, 0) is 6.54 Å². The maximum Gasteiger partial charge on any atom is 0.231 e. The van der Waals surface area contributed by atoms with Gasteiger partial charge >= 0.3 is 0 Å². The van der Waals surface area contributed by atoms with Crippen LogP contribution < -0.4 is 9.47 Å². The fourth-order valence-electron chi connectivity index (χ4n) is 3.47. The molecule has 2 aromatic carbocycles. The molecule has 1 unspecified atom stereocenters. The van der Waals surface area contributed by atoms with Crippen LogP contribution in [-0.4, -0.2) is 42.3 Å². The smallest absolute Gasteiger partial charge is 0.231 e. The largest absolute Gasteiger partial charge is 0.497 e. The summed E-state index contributed by atoms with van der Waals surface area (Å²) in [5, 5.41) is 4.16. The molecule has 1 atom stereocenters. The Hall–Kier alpha value is -2.86. The molecule has 1 aromatic heterocycles. The molecule has 1 aliphatic rings. The van der Waals surface area contributed by atoms with E-state index in [-0.39, 0.29) is 5.92 Å². The molecule has 27 heavy (non-hydrogen) atoms. The molecular weight excluding hydrogens is 342 g/mol. The van der Waals surface area contributed by atoms with Crippen LogP contribution in [0.5, 0.6) is 11.5 Å². The average Bonchev–Trinajstić information content (AvgIpc) is 3.38. The second kappa shape index (κ2) is 7.80. The van der Waals surface area contributed by atoms with E-state index in [0.29, 0.717) is 11.7 Å². The molecule has 0 spiro atoms. The van der Waals surface area contributed by atoms with Crippen molar-refractivity contribution in [3.8, 4) is 22.9 Å². The van der Waals surface area contributed by atoms with Gasteiger partial charge in [-0.05, 0) is 54.9 Å². The van der Waals surface area contributed by atoms with Crippen molar-refractivity contribution in [3.63, 3.8) is 0 Å². The normalized spacial score (nSPS) is 17.2. The third-order valence-corrected chi connectivity index (χ3v) is 4.95. The molecule has 1 saturated heterocycles. The maximum atomic E-state index is 5.56. The van der Waals surface area contributed by atoms with Crippen molar-refractivity contribution in [2.24, 2.45) is 0 Å². The molecule has 0 N–H and O–H groups in total. The summed E-state index contributed by atoms with van der Waals surface area (Å²) in [5.74, 6) is 3.32. The van der Waals surface area contributed by atoms with E-state index in [9.17, 15) is 0 Å². The highest BCUT2D eigenvalue weighted by molar-refractivity contribution is 5.55. The standard InChI is InChI=1S/C21H23N3O3/c1-25-18-8-6-16(7-9-18)20-22-21(27-23-20)17-10-11-24(14-17)13-15-4-3-5-19(12-15)26-2/h3-9,12,17H,10-11,13-14H2,1-2H3. The molecule has 0 radical (unpaired) electrons. The first-order chi connectivity index (χ1) is 13.2. The third-order valence-electron chi connectivity index (χ3n) is 4.95. The average molecular weight is 365 g/mol. The Morgan fingerprint density at radius 2 is 1.89 bits per heavy atom. The molecular formula is C21H23N3O3. The van der Waals surface area contributed by atoms with E-state index in [1.807, 2.05) is 36.4 Å². The van der Waals surface area contributed by atoms with Crippen molar-refractivity contribution >= 4 is 0 Å².